The van der Waals surface area contributed by atoms with Crippen LogP contribution in [0.2, 0.25) is 0 Å². The average molecular weight is 377 g/mol. The monoisotopic (exact) mass is 377 g/mol. The second-order valence-corrected chi connectivity index (χ2v) is 6.61. The van der Waals surface area contributed by atoms with E-state index in [2.05, 4.69) is 16.8 Å². The van der Waals surface area contributed by atoms with Gasteiger partial charge in [-0.2, -0.15) is 0 Å². The van der Waals surface area contributed by atoms with E-state index in [0.717, 1.165) is 25.3 Å². The van der Waals surface area contributed by atoms with Gasteiger partial charge in [0.1, 0.15) is 5.82 Å². The van der Waals surface area contributed by atoms with Gasteiger partial charge in [0.05, 0.1) is 14.9 Å². The van der Waals surface area contributed by atoms with Crippen LogP contribution in [0, 0.1) is 15.3 Å². The first-order valence-corrected chi connectivity index (χ1v) is 7.69. The van der Waals surface area contributed by atoms with E-state index in [1.54, 1.807) is 12.1 Å². The molecule has 19 heavy (non-hydrogen) atoms. The summed E-state index contributed by atoms with van der Waals surface area (Å²) in [6.45, 7) is 3.24. The van der Waals surface area contributed by atoms with Gasteiger partial charge in [-0.15, -0.1) is 0 Å². The molecule has 3 nitrogen and oxygen atoms in total. The summed E-state index contributed by atoms with van der Waals surface area (Å²) in [4.78, 5) is 4.44. The minimum atomic E-state index is -0.194. The van der Waals surface area contributed by atoms with Gasteiger partial charge < -0.3 is 15.5 Å². The average Bonchev–Trinajstić information content (AvgIpc) is 2.36. The first kappa shape index (κ1) is 14.8. The van der Waals surface area contributed by atoms with E-state index >= 15 is 0 Å². The molecule has 1 heterocycles. The van der Waals surface area contributed by atoms with Crippen LogP contribution in [-0.4, -0.2) is 38.6 Å². The summed E-state index contributed by atoms with van der Waals surface area (Å²) in [5, 5.41) is 0. The SMILES string of the molecule is CN1CCC(CN(C)c2cc(F)c(I)cc2N)CC1. The van der Waals surface area contributed by atoms with E-state index in [9.17, 15) is 4.39 Å². The van der Waals surface area contributed by atoms with Crippen LogP contribution in [0.1, 0.15) is 12.8 Å². The van der Waals surface area contributed by atoms with Crippen LogP contribution in [0.15, 0.2) is 12.1 Å². The van der Waals surface area contributed by atoms with E-state index in [-0.39, 0.29) is 5.82 Å². The molecule has 1 saturated heterocycles. The zero-order valence-electron chi connectivity index (χ0n) is 11.5. The minimum absolute atomic E-state index is 0.194. The Labute approximate surface area is 128 Å². The van der Waals surface area contributed by atoms with Crippen molar-refractivity contribution in [3.8, 4) is 0 Å². The number of nitrogen functional groups attached to an aromatic ring is 1. The van der Waals surface area contributed by atoms with E-state index in [1.807, 2.05) is 29.6 Å². The van der Waals surface area contributed by atoms with Crippen molar-refractivity contribution in [1.29, 1.82) is 0 Å². The van der Waals surface area contributed by atoms with Crippen molar-refractivity contribution in [1.82, 2.24) is 4.90 Å². The normalized spacial score (nSPS) is 17.7. The topological polar surface area (TPSA) is 32.5 Å². The van der Waals surface area contributed by atoms with Crippen LogP contribution in [0.5, 0.6) is 0 Å². The lowest BCUT2D eigenvalue weighted by Crippen LogP contribution is -2.36. The molecule has 1 fully saturated rings. The molecule has 106 valence electrons. The van der Waals surface area contributed by atoms with Crippen molar-refractivity contribution in [2.75, 3.05) is 44.4 Å². The van der Waals surface area contributed by atoms with Crippen molar-refractivity contribution in [2.24, 2.45) is 5.92 Å². The predicted molar refractivity (Wildman–Crippen MR) is 87.0 cm³/mol. The van der Waals surface area contributed by atoms with E-state index < -0.39 is 0 Å². The number of likely N-dealkylation sites (tertiary alicyclic amines) is 1. The maximum Gasteiger partial charge on any atom is 0.138 e. The van der Waals surface area contributed by atoms with E-state index in [4.69, 9.17) is 5.73 Å². The van der Waals surface area contributed by atoms with Gasteiger partial charge in [0.15, 0.2) is 0 Å². The highest BCUT2D eigenvalue weighted by Crippen LogP contribution is 2.28. The molecular weight excluding hydrogens is 356 g/mol. The molecule has 0 spiro atoms. The van der Waals surface area contributed by atoms with Crippen molar-refractivity contribution in [3.63, 3.8) is 0 Å². The van der Waals surface area contributed by atoms with Crippen molar-refractivity contribution in [3.05, 3.63) is 21.5 Å². The van der Waals surface area contributed by atoms with Gasteiger partial charge in [0, 0.05) is 19.7 Å². The number of hydrogen-bond donors (Lipinski definition) is 1. The summed E-state index contributed by atoms with van der Waals surface area (Å²) in [6, 6.07) is 3.25. The van der Waals surface area contributed by atoms with Crippen LogP contribution >= 0.6 is 22.6 Å². The molecule has 1 aromatic carbocycles. The zero-order chi connectivity index (χ0) is 14.0. The second kappa shape index (κ2) is 6.26. The van der Waals surface area contributed by atoms with Crippen molar-refractivity contribution < 1.29 is 4.39 Å². The molecule has 1 aliphatic heterocycles. The molecule has 2 N–H and O–H groups in total. The Morgan fingerprint density at radius 2 is 2.05 bits per heavy atom. The Morgan fingerprint density at radius 3 is 2.68 bits per heavy atom. The Balaban J connectivity index is 2.03. The lowest BCUT2D eigenvalue weighted by Gasteiger charge is -2.32. The van der Waals surface area contributed by atoms with Crippen LogP contribution in [0.3, 0.4) is 0 Å². The standard InChI is InChI=1S/C14H21FIN3/c1-18-5-3-10(4-6-18)9-19(2)14-7-11(15)12(16)8-13(14)17/h7-8,10H,3-6,9,17H2,1-2H3. The van der Waals surface area contributed by atoms with Crippen LogP contribution < -0.4 is 10.6 Å². The smallest absolute Gasteiger partial charge is 0.138 e. The van der Waals surface area contributed by atoms with E-state index in [0.29, 0.717) is 15.2 Å². The lowest BCUT2D eigenvalue weighted by atomic mass is 9.96. The summed E-state index contributed by atoms with van der Waals surface area (Å²) in [6.07, 6.45) is 2.40. The minimum Gasteiger partial charge on any atom is -0.397 e. The van der Waals surface area contributed by atoms with Gasteiger partial charge in [-0.1, -0.05) is 0 Å². The Hall–Kier alpha value is -0.560. The molecule has 0 aromatic heterocycles. The summed E-state index contributed by atoms with van der Waals surface area (Å²) in [5.74, 6) is 0.475. The number of anilines is 2. The molecule has 0 amide bonds. The third kappa shape index (κ3) is 3.72. The number of nitrogens with two attached hydrogens (primary N) is 1. The maximum absolute atomic E-state index is 13.7. The van der Waals surface area contributed by atoms with E-state index in [1.165, 1.54) is 12.8 Å². The Morgan fingerprint density at radius 1 is 1.42 bits per heavy atom. The Bertz CT molecular complexity index is 445. The molecule has 1 aromatic rings. The van der Waals surface area contributed by atoms with Gasteiger partial charge in [0.25, 0.3) is 0 Å². The number of halogens is 2. The maximum atomic E-state index is 13.7. The molecule has 0 unspecified atom stereocenters. The molecular formula is C14H21FIN3. The van der Waals surface area contributed by atoms with Gasteiger partial charge in [-0.3, -0.25) is 0 Å². The first-order valence-electron chi connectivity index (χ1n) is 6.61. The fourth-order valence-electron chi connectivity index (χ4n) is 2.61. The number of hydrogen-bond acceptors (Lipinski definition) is 3. The predicted octanol–water partition coefficient (Wildman–Crippen LogP) is 2.79. The lowest BCUT2D eigenvalue weighted by molar-refractivity contribution is 0.222. The van der Waals surface area contributed by atoms with Gasteiger partial charge in [-0.05, 0) is 67.6 Å². The third-order valence-electron chi connectivity index (χ3n) is 3.85. The largest absolute Gasteiger partial charge is 0.397 e. The summed E-state index contributed by atoms with van der Waals surface area (Å²) in [7, 11) is 4.16. The first-order chi connectivity index (χ1) is 8.97. The number of benzene rings is 1. The fraction of sp³-hybridized carbons (Fsp3) is 0.571. The molecule has 1 aliphatic rings. The summed E-state index contributed by atoms with van der Waals surface area (Å²) in [5.41, 5.74) is 7.45. The van der Waals surface area contributed by atoms with Crippen molar-refractivity contribution >= 4 is 34.0 Å². The summed E-state index contributed by atoms with van der Waals surface area (Å²) >= 11 is 1.97. The number of piperidine rings is 1. The molecule has 0 saturated carbocycles. The zero-order valence-corrected chi connectivity index (χ0v) is 13.7. The molecule has 0 radical (unpaired) electrons. The van der Waals surface area contributed by atoms with Gasteiger partial charge >= 0.3 is 0 Å². The highest BCUT2D eigenvalue weighted by molar-refractivity contribution is 14.1. The fourth-order valence-corrected chi connectivity index (χ4v) is 3.10. The van der Waals surface area contributed by atoms with Gasteiger partial charge in [0.2, 0.25) is 0 Å². The molecule has 2 rings (SSSR count). The van der Waals surface area contributed by atoms with Crippen molar-refractivity contribution in [2.45, 2.75) is 12.8 Å². The number of rotatable bonds is 3. The molecule has 0 bridgehead atoms. The van der Waals surface area contributed by atoms with Crippen LogP contribution in [0.25, 0.3) is 0 Å². The second-order valence-electron chi connectivity index (χ2n) is 5.45. The quantitative estimate of drug-likeness (QED) is 0.650. The highest BCUT2D eigenvalue weighted by Gasteiger charge is 2.19. The summed E-state index contributed by atoms with van der Waals surface area (Å²) < 4.78 is 14.2. The number of nitrogens with zero attached hydrogens (tertiary/aromatic N) is 2. The van der Waals surface area contributed by atoms with Gasteiger partial charge in [-0.25, -0.2) is 4.39 Å². The third-order valence-corrected chi connectivity index (χ3v) is 4.68. The molecule has 0 atom stereocenters. The molecule has 5 heteroatoms. The highest BCUT2D eigenvalue weighted by atomic mass is 127. The van der Waals surface area contributed by atoms with Crippen LogP contribution in [0.4, 0.5) is 15.8 Å². The van der Waals surface area contributed by atoms with Crippen LogP contribution in [-0.2, 0) is 0 Å². The Kier molecular flexibility index (Phi) is 4.89. The molecule has 0 aliphatic carbocycles.